The van der Waals surface area contributed by atoms with Crippen molar-refractivity contribution in [1.29, 1.82) is 0 Å². The first-order chi connectivity index (χ1) is 10.2. The van der Waals surface area contributed by atoms with Crippen LogP contribution in [0.15, 0.2) is 45.7 Å². The predicted molar refractivity (Wildman–Crippen MR) is 79.8 cm³/mol. The van der Waals surface area contributed by atoms with Crippen LogP contribution in [0, 0.1) is 0 Å². The van der Waals surface area contributed by atoms with Crippen LogP contribution in [0.25, 0.3) is 17.4 Å². The van der Waals surface area contributed by atoms with Gasteiger partial charge in [-0.05, 0) is 36.0 Å². The number of ether oxygens (including phenoxy) is 1. The van der Waals surface area contributed by atoms with Crippen LogP contribution in [0.5, 0.6) is 5.75 Å². The fourth-order valence-corrected chi connectivity index (χ4v) is 2.64. The Labute approximate surface area is 125 Å². The minimum absolute atomic E-state index is 0.320. The minimum Gasteiger partial charge on any atom is -0.496 e. The number of thioether (sulfide) groups is 1. The maximum Gasteiger partial charge on any atom is 0.290 e. The lowest BCUT2D eigenvalue weighted by molar-refractivity contribution is -0.115. The summed E-state index contributed by atoms with van der Waals surface area (Å²) < 4.78 is 11.0. The fraction of sp³-hybridized carbons (Fsp3) is 0.0667. The lowest BCUT2D eigenvalue weighted by atomic mass is 10.1. The molecule has 1 aromatic heterocycles. The molecule has 1 fully saturated rings. The largest absolute Gasteiger partial charge is 0.496 e. The van der Waals surface area contributed by atoms with Gasteiger partial charge in [0.15, 0.2) is 0 Å². The molecule has 1 N–H and O–H groups in total. The Morgan fingerprint density at radius 2 is 2.00 bits per heavy atom. The molecular weight excluding hydrogens is 290 g/mol. The summed E-state index contributed by atoms with van der Waals surface area (Å²) in [6, 6.07) is 11.0. The molecule has 5 nitrogen and oxygen atoms in total. The van der Waals surface area contributed by atoms with Crippen LogP contribution in [0.1, 0.15) is 5.76 Å². The highest BCUT2D eigenvalue weighted by molar-refractivity contribution is 8.18. The average Bonchev–Trinajstić information content (AvgIpc) is 3.06. The number of benzene rings is 1. The molecule has 0 aliphatic carbocycles. The van der Waals surface area contributed by atoms with Gasteiger partial charge >= 0.3 is 0 Å². The molecular formula is C15H11NO4S. The van der Waals surface area contributed by atoms with Gasteiger partial charge in [-0.15, -0.1) is 0 Å². The summed E-state index contributed by atoms with van der Waals surface area (Å²) in [5.41, 5.74) is 0.823. The van der Waals surface area contributed by atoms with Gasteiger partial charge in [0.1, 0.15) is 17.3 Å². The molecule has 0 unspecified atom stereocenters. The summed E-state index contributed by atoms with van der Waals surface area (Å²) in [6.07, 6.45) is 1.55. The fourth-order valence-electron chi connectivity index (χ4n) is 1.97. The molecule has 0 radical (unpaired) electrons. The van der Waals surface area contributed by atoms with Crippen LogP contribution >= 0.6 is 11.8 Å². The maximum atomic E-state index is 11.5. The Morgan fingerprint density at radius 3 is 2.71 bits per heavy atom. The van der Waals surface area contributed by atoms with E-state index in [-0.39, 0.29) is 5.24 Å². The normalized spacial score (nSPS) is 16.3. The molecule has 2 amide bonds. The monoisotopic (exact) mass is 301 g/mol. The number of furan rings is 1. The molecule has 1 aliphatic heterocycles. The summed E-state index contributed by atoms with van der Waals surface area (Å²) in [5.74, 6) is 1.44. The number of para-hydroxylation sites is 1. The average molecular weight is 301 g/mol. The molecule has 1 aliphatic rings. The number of rotatable bonds is 3. The molecule has 2 aromatic rings. The van der Waals surface area contributed by atoms with Gasteiger partial charge in [0.25, 0.3) is 11.1 Å². The first kappa shape index (κ1) is 13.5. The summed E-state index contributed by atoms with van der Waals surface area (Å²) in [4.78, 5) is 22.9. The van der Waals surface area contributed by atoms with Gasteiger partial charge in [0, 0.05) is 6.08 Å². The first-order valence-electron chi connectivity index (χ1n) is 6.15. The van der Waals surface area contributed by atoms with Gasteiger partial charge in [0.2, 0.25) is 0 Å². The summed E-state index contributed by atoms with van der Waals surface area (Å²) in [7, 11) is 1.59. The highest BCUT2D eigenvalue weighted by Gasteiger charge is 2.25. The van der Waals surface area contributed by atoms with Crippen LogP contribution in [0.3, 0.4) is 0 Å². The molecule has 1 aromatic carbocycles. The van der Waals surface area contributed by atoms with Gasteiger partial charge < -0.3 is 9.15 Å². The molecule has 6 heteroatoms. The number of imide groups is 1. The van der Waals surface area contributed by atoms with E-state index in [4.69, 9.17) is 9.15 Å². The maximum absolute atomic E-state index is 11.5. The van der Waals surface area contributed by atoms with E-state index in [1.165, 1.54) is 0 Å². The van der Waals surface area contributed by atoms with E-state index in [9.17, 15) is 9.59 Å². The second kappa shape index (κ2) is 5.49. The Balaban J connectivity index is 1.92. The highest BCUT2D eigenvalue weighted by atomic mass is 32.2. The second-order valence-corrected chi connectivity index (χ2v) is 5.27. The summed E-state index contributed by atoms with van der Waals surface area (Å²) >= 11 is 0.858. The van der Waals surface area contributed by atoms with Crippen LogP contribution in [0.4, 0.5) is 4.79 Å². The highest BCUT2D eigenvalue weighted by Crippen LogP contribution is 2.32. The van der Waals surface area contributed by atoms with Crippen molar-refractivity contribution in [2.75, 3.05) is 7.11 Å². The van der Waals surface area contributed by atoms with Gasteiger partial charge in [-0.2, -0.15) is 0 Å². The van der Waals surface area contributed by atoms with Gasteiger partial charge in [-0.3, -0.25) is 14.9 Å². The van der Waals surface area contributed by atoms with Crippen molar-refractivity contribution < 1.29 is 18.7 Å². The van der Waals surface area contributed by atoms with Crippen molar-refractivity contribution in [2.24, 2.45) is 0 Å². The molecule has 21 heavy (non-hydrogen) atoms. The molecule has 0 spiro atoms. The molecule has 1 saturated heterocycles. The number of hydrogen-bond acceptors (Lipinski definition) is 5. The lowest BCUT2D eigenvalue weighted by Crippen LogP contribution is -2.17. The van der Waals surface area contributed by atoms with Crippen LogP contribution in [0.2, 0.25) is 0 Å². The molecule has 0 atom stereocenters. The molecule has 0 saturated carbocycles. The van der Waals surface area contributed by atoms with E-state index >= 15 is 0 Å². The van der Waals surface area contributed by atoms with E-state index in [1.807, 2.05) is 24.3 Å². The Bertz CT molecular complexity index is 748. The van der Waals surface area contributed by atoms with Crippen LogP contribution in [-0.2, 0) is 4.79 Å². The SMILES string of the molecule is COc1ccccc1-c1ccc(/C=C2\SC(=O)NC2=O)o1. The second-order valence-electron chi connectivity index (χ2n) is 4.25. The van der Waals surface area contributed by atoms with Crippen LogP contribution < -0.4 is 10.1 Å². The topological polar surface area (TPSA) is 68.5 Å². The minimum atomic E-state index is -0.403. The van der Waals surface area contributed by atoms with E-state index in [0.29, 0.717) is 22.2 Å². The lowest BCUT2D eigenvalue weighted by Gasteiger charge is -2.04. The van der Waals surface area contributed by atoms with Crippen LogP contribution in [-0.4, -0.2) is 18.3 Å². The number of hydrogen-bond donors (Lipinski definition) is 1. The zero-order chi connectivity index (χ0) is 14.8. The summed E-state index contributed by atoms with van der Waals surface area (Å²) in [5, 5.41) is 1.83. The van der Waals surface area contributed by atoms with Gasteiger partial charge in [0.05, 0.1) is 17.6 Å². The van der Waals surface area contributed by atoms with Crippen molar-refractivity contribution in [3.8, 4) is 17.1 Å². The van der Waals surface area contributed by atoms with Gasteiger partial charge in [-0.1, -0.05) is 12.1 Å². The van der Waals surface area contributed by atoms with Gasteiger partial charge in [-0.25, -0.2) is 0 Å². The Morgan fingerprint density at radius 1 is 1.19 bits per heavy atom. The molecule has 2 heterocycles. The number of methoxy groups -OCH3 is 1. The van der Waals surface area contributed by atoms with Crippen molar-refractivity contribution in [3.63, 3.8) is 0 Å². The van der Waals surface area contributed by atoms with E-state index in [1.54, 1.807) is 25.3 Å². The van der Waals surface area contributed by atoms with Crippen molar-refractivity contribution in [2.45, 2.75) is 0 Å². The van der Waals surface area contributed by atoms with Crippen molar-refractivity contribution in [3.05, 3.63) is 47.1 Å². The number of carbonyl (C=O) groups is 2. The first-order valence-corrected chi connectivity index (χ1v) is 6.97. The Kier molecular flexibility index (Phi) is 3.53. The molecule has 3 rings (SSSR count). The number of amides is 2. The third kappa shape index (κ3) is 2.71. The standard InChI is InChI=1S/C15H11NO4S/c1-19-11-5-3-2-4-10(11)12-7-6-9(20-12)8-13-14(17)16-15(18)21-13/h2-8H,1H3,(H,16,17,18)/b13-8-. The van der Waals surface area contributed by atoms with E-state index in [2.05, 4.69) is 5.32 Å². The van der Waals surface area contributed by atoms with Crippen molar-refractivity contribution in [1.82, 2.24) is 5.32 Å². The third-order valence-electron chi connectivity index (χ3n) is 2.91. The smallest absolute Gasteiger partial charge is 0.290 e. The van der Waals surface area contributed by atoms with E-state index < -0.39 is 5.91 Å². The number of nitrogens with one attached hydrogen (secondary N) is 1. The van der Waals surface area contributed by atoms with E-state index in [0.717, 1.165) is 17.3 Å². The Hall–Kier alpha value is -2.47. The molecule has 106 valence electrons. The predicted octanol–water partition coefficient (Wildman–Crippen LogP) is 3.28. The zero-order valence-corrected chi connectivity index (χ0v) is 11.9. The van der Waals surface area contributed by atoms with Crippen molar-refractivity contribution >= 4 is 29.0 Å². The third-order valence-corrected chi connectivity index (χ3v) is 3.73. The zero-order valence-electron chi connectivity index (χ0n) is 11.1. The quantitative estimate of drug-likeness (QED) is 0.881. The number of carbonyl (C=O) groups excluding carboxylic acids is 2. The molecule has 0 bridgehead atoms. The summed E-state index contributed by atoms with van der Waals surface area (Å²) in [6.45, 7) is 0.